The minimum absolute atomic E-state index is 0.833. The first-order valence-corrected chi connectivity index (χ1v) is 8.14. The summed E-state index contributed by atoms with van der Waals surface area (Å²) in [5, 5.41) is 29.2. The Hall–Kier alpha value is -1.66. The normalized spacial score (nSPS) is 13.2. The summed E-state index contributed by atoms with van der Waals surface area (Å²) in [5.41, 5.74) is 0. The zero-order valence-corrected chi connectivity index (χ0v) is 15.2. The molecule has 1 rings (SSSR count). The molecule has 6 heteroatoms. The summed E-state index contributed by atoms with van der Waals surface area (Å²) in [6.07, 6.45) is 16.7. The third-order valence-corrected chi connectivity index (χ3v) is 2.85. The number of rotatable bonds is 2. The van der Waals surface area contributed by atoms with Gasteiger partial charge in [0.15, 0.2) is 0 Å². The van der Waals surface area contributed by atoms with Crippen molar-refractivity contribution in [3.05, 3.63) is 25.3 Å². The second kappa shape index (κ2) is 33.1. The van der Waals surface area contributed by atoms with Crippen LogP contribution in [-0.4, -0.2) is 46.6 Å². The molecule has 0 amide bonds. The lowest BCUT2D eigenvalue weighted by Gasteiger charge is -2.05. The Labute approximate surface area is 146 Å². The van der Waals surface area contributed by atoms with Gasteiger partial charge in [-0.25, -0.2) is 9.59 Å². The van der Waals surface area contributed by atoms with Crippen LogP contribution in [0.15, 0.2) is 25.3 Å². The lowest BCUT2D eigenvalue weighted by Crippen LogP contribution is -1.85. The van der Waals surface area contributed by atoms with E-state index in [-0.39, 0.29) is 0 Å². The van der Waals surface area contributed by atoms with Crippen molar-refractivity contribution in [2.24, 2.45) is 0 Å². The second-order valence-corrected chi connectivity index (χ2v) is 4.62. The standard InChI is InChI=1S/C10H20.2C3H4O2.2CH4O/c1-2-4-6-8-10-9-7-5-3-1;2*1-2-3(4)5;2*1-2/h1-10H2;2*2H,1H2,(H,4,5);2*2H,1H3. The van der Waals surface area contributed by atoms with Gasteiger partial charge in [-0.1, -0.05) is 77.4 Å². The number of carbonyl (C=O) groups is 2. The van der Waals surface area contributed by atoms with Gasteiger partial charge in [-0.2, -0.15) is 0 Å². The molecule has 1 aliphatic carbocycles. The number of aliphatic carboxylic acids is 2. The van der Waals surface area contributed by atoms with E-state index in [4.69, 9.17) is 20.4 Å². The van der Waals surface area contributed by atoms with Crippen LogP contribution in [0.2, 0.25) is 0 Å². The Balaban J connectivity index is -0.000000123. The molecule has 0 bridgehead atoms. The molecular weight excluding hydrogens is 312 g/mol. The van der Waals surface area contributed by atoms with Gasteiger partial charge in [0.2, 0.25) is 0 Å². The highest BCUT2D eigenvalue weighted by atomic mass is 16.4. The second-order valence-electron chi connectivity index (χ2n) is 4.62. The van der Waals surface area contributed by atoms with E-state index >= 15 is 0 Å². The Bertz CT molecular complexity index is 225. The van der Waals surface area contributed by atoms with Crippen LogP contribution in [-0.2, 0) is 9.59 Å². The van der Waals surface area contributed by atoms with Gasteiger partial charge >= 0.3 is 11.9 Å². The van der Waals surface area contributed by atoms with E-state index in [1.54, 1.807) is 0 Å². The fourth-order valence-corrected chi connectivity index (χ4v) is 1.77. The van der Waals surface area contributed by atoms with Crippen molar-refractivity contribution in [3.63, 3.8) is 0 Å². The van der Waals surface area contributed by atoms with Crippen molar-refractivity contribution < 1.29 is 30.0 Å². The van der Waals surface area contributed by atoms with E-state index < -0.39 is 11.9 Å². The molecule has 0 aromatic rings. The Morgan fingerprint density at radius 2 is 0.667 bits per heavy atom. The molecule has 0 spiro atoms. The Morgan fingerprint density at radius 1 is 0.583 bits per heavy atom. The number of carboxylic acid groups (broad SMARTS) is 2. The molecule has 24 heavy (non-hydrogen) atoms. The van der Waals surface area contributed by atoms with Crippen LogP contribution in [0.25, 0.3) is 0 Å². The van der Waals surface area contributed by atoms with E-state index in [0.29, 0.717) is 0 Å². The molecule has 0 aliphatic heterocycles. The molecule has 4 N–H and O–H groups in total. The SMILES string of the molecule is C1CCCCCCCCC1.C=CC(=O)O.C=CC(=O)O.CO.CO. The maximum Gasteiger partial charge on any atom is 0.327 e. The van der Waals surface area contributed by atoms with Gasteiger partial charge in [-0.15, -0.1) is 0 Å². The van der Waals surface area contributed by atoms with Gasteiger partial charge < -0.3 is 20.4 Å². The predicted molar refractivity (Wildman–Crippen MR) is 98.1 cm³/mol. The van der Waals surface area contributed by atoms with Crippen LogP contribution in [0.5, 0.6) is 0 Å². The molecule has 0 aromatic heterocycles. The summed E-state index contributed by atoms with van der Waals surface area (Å²) < 4.78 is 0. The van der Waals surface area contributed by atoms with Crippen molar-refractivity contribution in [1.29, 1.82) is 0 Å². The van der Waals surface area contributed by atoms with Crippen LogP contribution < -0.4 is 0 Å². The number of hydrogen-bond acceptors (Lipinski definition) is 4. The lowest BCUT2D eigenvalue weighted by molar-refractivity contribution is -0.132. The smallest absolute Gasteiger partial charge is 0.327 e. The highest BCUT2D eigenvalue weighted by Crippen LogP contribution is 2.15. The van der Waals surface area contributed by atoms with Crippen molar-refractivity contribution >= 4 is 11.9 Å². The molecule has 1 saturated carbocycles. The molecular formula is C18H36O6. The molecule has 0 radical (unpaired) electrons. The highest BCUT2D eigenvalue weighted by molar-refractivity contribution is 5.79. The summed E-state index contributed by atoms with van der Waals surface area (Å²) in [4.78, 5) is 18.5. The van der Waals surface area contributed by atoms with E-state index in [0.717, 1.165) is 26.4 Å². The topological polar surface area (TPSA) is 115 Å². The van der Waals surface area contributed by atoms with Gasteiger partial charge in [0.1, 0.15) is 0 Å². The van der Waals surface area contributed by atoms with Crippen LogP contribution in [0.4, 0.5) is 0 Å². The first-order chi connectivity index (χ1) is 11.5. The quantitative estimate of drug-likeness (QED) is 0.566. The zero-order valence-electron chi connectivity index (χ0n) is 15.2. The van der Waals surface area contributed by atoms with Crippen molar-refractivity contribution in [1.82, 2.24) is 0 Å². The fourth-order valence-electron chi connectivity index (χ4n) is 1.77. The fraction of sp³-hybridized carbons (Fsp3) is 0.667. The molecule has 1 aliphatic rings. The van der Waals surface area contributed by atoms with E-state index in [1.165, 1.54) is 64.2 Å². The highest BCUT2D eigenvalue weighted by Gasteiger charge is 1.95. The number of aliphatic hydroxyl groups excluding tert-OH is 2. The maximum atomic E-state index is 9.25. The summed E-state index contributed by atoms with van der Waals surface area (Å²) in [5.74, 6) is -1.96. The van der Waals surface area contributed by atoms with Crippen molar-refractivity contribution in [2.75, 3.05) is 14.2 Å². The number of aliphatic hydroxyl groups is 2. The van der Waals surface area contributed by atoms with E-state index in [9.17, 15) is 9.59 Å². The number of hydrogen-bond donors (Lipinski definition) is 4. The Morgan fingerprint density at radius 3 is 0.708 bits per heavy atom. The monoisotopic (exact) mass is 348 g/mol. The summed E-state index contributed by atoms with van der Waals surface area (Å²) >= 11 is 0. The van der Waals surface area contributed by atoms with Crippen LogP contribution in [0, 0.1) is 0 Å². The molecule has 144 valence electrons. The summed E-state index contributed by atoms with van der Waals surface area (Å²) in [6.45, 7) is 5.92. The average Bonchev–Trinajstić information content (AvgIpc) is 2.64. The first kappa shape index (κ1) is 30.2. The largest absolute Gasteiger partial charge is 0.478 e. The average molecular weight is 348 g/mol. The van der Waals surface area contributed by atoms with Crippen LogP contribution in [0.3, 0.4) is 0 Å². The van der Waals surface area contributed by atoms with Gasteiger partial charge in [0.25, 0.3) is 0 Å². The third kappa shape index (κ3) is 50.0. The molecule has 0 unspecified atom stereocenters. The van der Waals surface area contributed by atoms with Gasteiger partial charge in [0, 0.05) is 26.4 Å². The minimum Gasteiger partial charge on any atom is -0.478 e. The van der Waals surface area contributed by atoms with Crippen molar-refractivity contribution in [2.45, 2.75) is 64.2 Å². The van der Waals surface area contributed by atoms with E-state index in [1.807, 2.05) is 0 Å². The predicted octanol–water partition coefficient (Wildman–Crippen LogP) is 3.63. The number of carboxylic acids is 2. The molecule has 0 atom stereocenters. The van der Waals surface area contributed by atoms with Crippen LogP contribution in [0.1, 0.15) is 64.2 Å². The molecule has 0 aromatic carbocycles. The minimum atomic E-state index is -0.981. The van der Waals surface area contributed by atoms with E-state index in [2.05, 4.69) is 13.2 Å². The molecule has 6 nitrogen and oxygen atoms in total. The molecule has 0 saturated heterocycles. The first-order valence-electron chi connectivity index (χ1n) is 8.14. The van der Waals surface area contributed by atoms with Gasteiger partial charge in [-0.3, -0.25) is 0 Å². The van der Waals surface area contributed by atoms with Gasteiger partial charge in [0.05, 0.1) is 0 Å². The summed E-state index contributed by atoms with van der Waals surface area (Å²) in [7, 11) is 2.00. The van der Waals surface area contributed by atoms with Crippen LogP contribution >= 0.6 is 0 Å². The maximum absolute atomic E-state index is 9.25. The third-order valence-electron chi connectivity index (χ3n) is 2.85. The lowest BCUT2D eigenvalue weighted by atomic mass is 10.0. The summed E-state index contributed by atoms with van der Waals surface area (Å²) in [6, 6.07) is 0. The Kier molecular flexibility index (Phi) is 41.7. The molecule has 0 heterocycles. The van der Waals surface area contributed by atoms with Gasteiger partial charge in [-0.05, 0) is 0 Å². The van der Waals surface area contributed by atoms with Crippen molar-refractivity contribution in [3.8, 4) is 0 Å². The molecule has 1 fully saturated rings. The zero-order chi connectivity index (χ0) is 19.6.